The van der Waals surface area contributed by atoms with E-state index in [0.717, 1.165) is 38.5 Å². The molecule has 50 heavy (non-hydrogen) atoms. The number of hydrogen-bond donors (Lipinski definition) is 4. The van der Waals surface area contributed by atoms with Crippen LogP contribution in [0.5, 0.6) is 0 Å². The monoisotopic (exact) mass is 728 g/mol. The number of aliphatic hydroxyl groups is 3. The minimum Gasteiger partial charge on any atom is -0.462 e. The molecule has 0 aromatic heterocycles. The van der Waals surface area contributed by atoms with E-state index in [9.17, 15) is 29.3 Å². The number of hydrogen-bond acceptors (Lipinski definition) is 10. The van der Waals surface area contributed by atoms with E-state index in [1.165, 1.54) is 19.3 Å². The average molecular weight is 729 g/mol. The Bertz CT molecular complexity index is 1050. The van der Waals surface area contributed by atoms with Crippen molar-refractivity contribution < 1.29 is 52.9 Å². The fourth-order valence-corrected chi connectivity index (χ4v) is 5.07. The number of ether oxygens (including phenoxy) is 2. The van der Waals surface area contributed by atoms with Gasteiger partial charge in [-0.25, -0.2) is 4.57 Å². The molecule has 0 aliphatic carbocycles. The molecular weight excluding hydrogens is 663 g/mol. The molecule has 288 valence electrons. The van der Waals surface area contributed by atoms with E-state index in [-0.39, 0.29) is 19.4 Å². The van der Waals surface area contributed by atoms with Gasteiger partial charge in [-0.05, 0) is 50.9 Å². The molecule has 0 aliphatic heterocycles. The van der Waals surface area contributed by atoms with Gasteiger partial charge in [0.2, 0.25) is 0 Å². The van der Waals surface area contributed by atoms with Gasteiger partial charge in [-0.15, -0.1) is 0 Å². The van der Waals surface area contributed by atoms with Gasteiger partial charge in [0.15, 0.2) is 6.10 Å². The number of rotatable bonds is 32. The smallest absolute Gasteiger partial charge is 0.462 e. The number of phosphoric ester groups is 1. The van der Waals surface area contributed by atoms with E-state index < -0.39 is 57.9 Å². The lowest BCUT2D eigenvalue weighted by Crippen LogP contribution is -2.29. The maximum Gasteiger partial charge on any atom is 0.472 e. The van der Waals surface area contributed by atoms with Crippen LogP contribution in [0.3, 0.4) is 0 Å². The predicted molar refractivity (Wildman–Crippen MR) is 197 cm³/mol. The fraction of sp³-hybridized carbons (Fsp3) is 0.684. The van der Waals surface area contributed by atoms with Gasteiger partial charge in [-0.3, -0.25) is 18.6 Å². The highest BCUT2D eigenvalue weighted by atomic mass is 31.2. The number of carbonyl (C=O) groups is 2. The van der Waals surface area contributed by atoms with Crippen LogP contribution in [0.15, 0.2) is 60.8 Å². The van der Waals surface area contributed by atoms with Gasteiger partial charge in [0.25, 0.3) is 0 Å². The van der Waals surface area contributed by atoms with Gasteiger partial charge >= 0.3 is 19.8 Å². The SMILES string of the molecule is CC[C@@H](O)/C=C/C=C\C/C=C\C/C=C\C/C=C\CCCC(=O)O[C@H](COC(=O)CCCCCCCCC(C)C)COP(=O)(O)OC[C@@H](O)CO. The van der Waals surface area contributed by atoms with Crippen molar-refractivity contribution in [2.24, 2.45) is 5.92 Å². The zero-order chi connectivity index (χ0) is 37.3. The topological polar surface area (TPSA) is 169 Å². The molecule has 0 spiro atoms. The van der Waals surface area contributed by atoms with Crippen LogP contribution in [0.2, 0.25) is 0 Å². The summed E-state index contributed by atoms with van der Waals surface area (Å²) in [6.07, 6.45) is 29.0. The van der Waals surface area contributed by atoms with Gasteiger partial charge in [-0.1, -0.05) is 120 Å². The fourth-order valence-electron chi connectivity index (χ4n) is 4.28. The normalized spacial score (nSPS) is 15.5. The molecule has 4 N–H and O–H groups in total. The largest absolute Gasteiger partial charge is 0.472 e. The lowest BCUT2D eigenvalue weighted by molar-refractivity contribution is -0.161. The van der Waals surface area contributed by atoms with Crippen molar-refractivity contribution in [2.45, 2.75) is 135 Å². The maximum atomic E-state index is 12.5. The maximum absolute atomic E-state index is 12.5. The van der Waals surface area contributed by atoms with E-state index in [0.29, 0.717) is 31.6 Å². The van der Waals surface area contributed by atoms with Crippen molar-refractivity contribution in [2.75, 3.05) is 26.4 Å². The lowest BCUT2D eigenvalue weighted by Gasteiger charge is -2.20. The summed E-state index contributed by atoms with van der Waals surface area (Å²) in [5.41, 5.74) is 0. The molecule has 0 radical (unpaired) electrons. The minimum atomic E-state index is -4.63. The summed E-state index contributed by atoms with van der Waals surface area (Å²) in [6.45, 7) is 4.15. The molecular formula is C38H65O11P. The molecule has 0 rings (SSSR count). The molecule has 0 amide bonds. The van der Waals surface area contributed by atoms with Crippen molar-refractivity contribution in [3.63, 3.8) is 0 Å². The first-order chi connectivity index (χ1) is 24.0. The molecule has 0 heterocycles. The van der Waals surface area contributed by atoms with Crippen LogP contribution in [0.1, 0.15) is 117 Å². The molecule has 1 unspecified atom stereocenters. The second-order valence-electron chi connectivity index (χ2n) is 12.5. The average Bonchev–Trinajstić information content (AvgIpc) is 3.08. The van der Waals surface area contributed by atoms with Crippen LogP contribution in [-0.4, -0.2) is 76.9 Å². The first-order valence-corrected chi connectivity index (χ1v) is 19.7. The summed E-state index contributed by atoms with van der Waals surface area (Å²) in [7, 11) is -4.63. The molecule has 0 aromatic carbocycles. The molecule has 0 bridgehead atoms. The molecule has 0 aliphatic rings. The summed E-state index contributed by atoms with van der Waals surface area (Å²) >= 11 is 0. The number of carbonyl (C=O) groups excluding carboxylic acids is 2. The van der Waals surface area contributed by atoms with Crippen molar-refractivity contribution >= 4 is 19.8 Å². The molecule has 12 heteroatoms. The third-order valence-electron chi connectivity index (χ3n) is 7.27. The van der Waals surface area contributed by atoms with Crippen LogP contribution in [0.25, 0.3) is 0 Å². The van der Waals surface area contributed by atoms with Crippen molar-refractivity contribution in [1.82, 2.24) is 0 Å². The van der Waals surface area contributed by atoms with Crippen molar-refractivity contribution in [3.8, 4) is 0 Å². The first kappa shape index (κ1) is 47.6. The first-order valence-electron chi connectivity index (χ1n) is 18.2. The Hall–Kier alpha value is -2.37. The van der Waals surface area contributed by atoms with Gasteiger partial charge < -0.3 is 29.7 Å². The quantitative estimate of drug-likeness (QED) is 0.0177. The highest BCUT2D eigenvalue weighted by Gasteiger charge is 2.27. The second-order valence-corrected chi connectivity index (χ2v) is 14.0. The van der Waals surface area contributed by atoms with Crippen LogP contribution >= 0.6 is 7.82 Å². The Labute approximate surface area is 300 Å². The highest BCUT2D eigenvalue weighted by molar-refractivity contribution is 7.47. The van der Waals surface area contributed by atoms with E-state index >= 15 is 0 Å². The Kier molecular flexibility index (Phi) is 31.0. The highest BCUT2D eigenvalue weighted by Crippen LogP contribution is 2.43. The van der Waals surface area contributed by atoms with E-state index in [1.807, 2.05) is 37.3 Å². The van der Waals surface area contributed by atoms with Gasteiger partial charge in [-0.2, -0.15) is 0 Å². The lowest BCUT2D eigenvalue weighted by atomic mass is 10.0. The summed E-state index contributed by atoms with van der Waals surface area (Å²) in [6, 6.07) is 0. The summed E-state index contributed by atoms with van der Waals surface area (Å²) in [5, 5.41) is 27.7. The third kappa shape index (κ3) is 32.8. The standard InChI is InChI=1S/C38H65O11P/c1-4-34(40)26-22-18-13-11-9-7-5-6-8-10-12-14-20-24-28-38(43)49-36(32-48-50(44,45)47-30-35(41)29-39)31-46-37(42)27-23-19-16-15-17-21-25-33(2)3/h6-9,12-14,18,22,26,33-36,39-41H,4-5,10-11,15-17,19-21,23-25,27-32H2,1-3H3,(H,44,45)/b8-6-,9-7-,14-12-,18-13-,26-22+/t34-,35+,36-/m1/s1. The Morgan fingerprint density at radius 3 is 1.94 bits per heavy atom. The van der Waals surface area contributed by atoms with E-state index in [4.69, 9.17) is 19.1 Å². The number of unbranched alkanes of at least 4 members (excludes halogenated alkanes) is 6. The van der Waals surface area contributed by atoms with E-state index in [1.54, 1.807) is 6.08 Å². The van der Waals surface area contributed by atoms with Gasteiger partial charge in [0, 0.05) is 12.8 Å². The number of aliphatic hydroxyl groups excluding tert-OH is 3. The zero-order valence-electron chi connectivity index (χ0n) is 30.6. The predicted octanol–water partition coefficient (Wildman–Crippen LogP) is 7.60. The third-order valence-corrected chi connectivity index (χ3v) is 8.22. The number of allylic oxidation sites excluding steroid dienone is 9. The van der Waals surface area contributed by atoms with Crippen LogP contribution in [-0.2, 0) is 32.7 Å². The van der Waals surface area contributed by atoms with Crippen LogP contribution in [0.4, 0.5) is 0 Å². The van der Waals surface area contributed by atoms with Gasteiger partial charge in [0.1, 0.15) is 12.7 Å². The molecule has 11 nitrogen and oxygen atoms in total. The number of phosphoric acid groups is 1. The van der Waals surface area contributed by atoms with Crippen molar-refractivity contribution in [3.05, 3.63) is 60.8 Å². The van der Waals surface area contributed by atoms with Crippen LogP contribution in [0, 0.1) is 5.92 Å². The summed E-state index contributed by atoms with van der Waals surface area (Å²) in [5.74, 6) is -0.314. The zero-order valence-corrected chi connectivity index (χ0v) is 31.5. The van der Waals surface area contributed by atoms with E-state index in [2.05, 4.69) is 42.7 Å². The molecule has 0 saturated carbocycles. The van der Waals surface area contributed by atoms with Crippen molar-refractivity contribution in [1.29, 1.82) is 0 Å². The molecule has 0 aromatic rings. The Morgan fingerprint density at radius 1 is 0.720 bits per heavy atom. The summed E-state index contributed by atoms with van der Waals surface area (Å²) < 4.78 is 32.4. The van der Waals surface area contributed by atoms with Crippen LogP contribution < -0.4 is 0 Å². The Morgan fingerprint density at radius 2 is 1.30 bits per heavy atom. The second kappa shape index (κ2) is 32.5. The van der Waals surface area contributed by atoms with Gasteiger partial charge in [0.05, 0.1) is 25.9 Å². The summed E-state index contributed by atoms with van der Waals surface area (Å²) in [4.78, 5) is 34.7. The minimum absolute atomic E-state index is 0.0893. The Balaban J connectivity index is 4.53. The molecule has 0 saturated heterocycles. The molecule has 4 atom stereocenters. The molecule has 0 fully saturated rings. The number of esters is 2.